The average molecular weight is 388 g/mol. The second kappa shape index (κ2) is 6.45. The molecule has 0 saturated heterocycles. The molecule has 0 unspecified atom stereocenters. The van der Waals surface area contributed by atoms with Crippen molar-refractivity contribution in [3.63, 3.8) is 0 Å². The first-order valence-electron chi connectivity index (χ1n) is 8.73. The summed E-state index contributed by atoms with van der Waals surface area (Å²) in [5, 5.41) is 2.81. The summed E-state index contributed by atoms with van der Waals surface area (Å²) < 4.78 is 37.0. The van der Waals surface area contributed by atoms with Crippen LogP contribution in [-0.2, 0) is 10.0 Å². The summed E-state index contributed by atoms with van der Waals surface area (Å²) in [5.74, 6) is 0.425. The van der Waals surface area contributed by atoms with Crippen LogP contribution in [0.3, 0.4) is 0 Å². The van der Waals surface area contributed by atoms with Crippen LogP contribution in [0.4, 0.5) is 11.4 Å². The van der Waals surface area contributed by atoms with Crippen LogP contribution < -0.4 is 19.5 Å². The molecule has 7 nitrogen and oxygen atoms in total. The van der Waals surface area contributed by atoms with Gasteiger partial charge in [0.05, 0.1) is 6.26 Å². The van der Waals surface area contributed by atoms with Crippen molar-refractivity contribution in [3.8, 4) is 11.5 Å². The van der Waals surface area contributed by atoms with Gasteiger partial charge in [0.2, 0.25) is 10.0 Å². The molecule has 1 heterocycles. The summed E-state index contributed by atoms with van der Waals surface area (Å²) in [6, 6.07) is 11.6. The van der Waals surface area contributed by atoms with Crippen LogP contribution in [0, 0.1) is 0 Å². The largest absolute Gasteiger partial charge is 0.448 e. The number of amides is 1. The molecular weight excluding hydrogens is 368 g/mol. The number of rotatable bonds is 4. The van der Waals surface area contributed by atoms with E-state index in [1.54, 1.807) is 36.4 Å². The maximum absolute atomic E-state index is 12.5. The zero-order valence-electron chi connectivity index (χ0n) is 14.8. The van der Waals surface area contributed by atoms with Crippen molar-refractivity contribution in [1.82, 2.24) is 0 Å². The van der Waals surface area contributed by atoms with Crippen LogP contribution in [0.15, 0.2) is 42.5 Å². The molecule has 2 aromatic rings. The monoisotopic (exact) mass is 388 g/mol. The van der Waals surface area contributed by atoms with E-state index in [2.05, 4.69) is 10.0 Å². The fourth-order valence-electron chi connectivity index (χ4n) is 3.43. The Bertz CT molecular complexity index is 997. The lowest BCUT2D eigenvalue weighted by molar-refractivity contribution is -0.0716. The molecule has 2 aliphatic rings. The molecule has 0 bridgehead atoms. The molecule has 2 aromatic carbocycles. The van der Waals surface area contributed by atoms with E-state index in [0.29, 0.717) is 28.4 Å². The maximum atomic E-state index is 12.5. The Morgan fingerprint density at radius 3 is 2.48 bits per heavy atom. The Hall–Kier alpha value is -2.74. The van der Waals surface area contributed by atoms with Gasteiger partial charge in [-0.3, -0.25) is 9.52 Å². The SMILES string of the molecule is CS(=O)(=O)Nc1cccc(C(=O)Nc2ccc3c(c2)OC2(CCCC2)O3)c1. The van der Waals surface area contributed by atoms with Crippen LogP contribution in [0.25, 0.3) is 0 Å². The highest BCUT2D eigenvalue weighted by atomic mass is 32.2. The van der Waals surface area contributed by atoms with E-state index in [1.165, 1.54) is 6.07 Å². The van der Waals surface area contributed by atoms with Gasteiger partial charge in [-0.15, -0.1) is 0 Å². The highest BCUT2D eigenvalue weighted by Crippen LogP contribution is 2.47. The molecule has 1 amide bonds. The number of carbonyl (C=O) groups excluding carboxylic acids is 1. The number of benzene rings is 2. The fourth-order valence-corrected chi connectivity index (χ4v) is 3.99. The number of anilines is 2. The molecule has 1 aliphatic carbocycles. The third-order valence-corrected chi connectivity index (χ3v) is 5.19. The van der Waals surface area contributed by atoms with Crippen LogP contribution in [0.1, 0.15) is 36.0 Å². The minimum absolute atomic E-state index is 0.332. The van der Waals surface area contributed by atoms with Gasteiger partial charge in [0.25, 0.3) is 11.7 Å². The van der Waals surface area contributed by atoms with Crippen LogP contribution >= 0.6 is 0 Å². The first-order valence-corrected chi connectivity index (χ1v) is 10.6. The number of sulfonamides is 1. The van der Waals surface area contributed by atoms with Gasteiger partial charge in [-0.2, -0.15) is 0 Å². The predicted octanol–water partition coefficient (Wildman–Crippen LogP) is 3.35. The molecule has 142 valence electrons. The molecule has 1 spiro atoms. The Labute approximate surface area is 157 Å². The highest BCUT2D eigenvalue weighted by molar-refractivity contribution is 7.92. The lowest BCUT2D eigenvalue weighted by Gasteiger charge is -2.21. The predicted molar refractivity (Wildman–Crippen MR) is 102 cm³/mol. The van der Waals surface area contributed by atoms with Gasteiger partial charge in [0, 0.05) is 35.8 Å². The molecule has 1 fully saturated rings. The standard InChI is InChI=1S/C19H20N2O5S/c1-27(23,24)21-15-6-4-5-13(11-15)18(22)20-14-7-8-16-17(12-14)26-19(25-16)9-2-3-10-19/h4-8,11-12,21H,2-3,9-10H2,1H3,(H,20,22). The van der Waals surface area contributed by atoms with Crippen molar-refractivity contribution in [2.75, 3.05) is 16.3 Å². The number of hydrogen-bond donors (Lipinski definition) is 2. The van der Waals surface area contributed by atoms with E-state index in [1.807, 2.05) is 0 Å². The Kier molecular flexibility index (Phi) is 4.22. The minimum atomic E-state index is -3.41. The van der Waals surface area contributed by atoms with Crippen LogP contribution in [0.5, 0.6) is 11.5 Å². The van der Waals surface area contributed by atoms with Gasteiger partial charge in [-0.05, 0) is 43.2 Å². The molecule has 2 N–H and O–H groups in total. The summed E-state index contributed by atoms with van der Waals surface area (Å²) in [6.45, 7) is 0. The molecule has 8 heteroatoms. The lowest BCUT2D eigenvalue weighted by atomic mass is 10.2. The second-order valence-electron chi connectivity index (χ2n) is 6.89. The van der Waals surface area contributed by atoms with E-state index >= 15 is 0 Å². The highest BCUT2D eigenvalue weighted by Gasteiger charge is 2.44. The van der Waals surface area contributed by atoms with E-state index < -0.39 is 15.8 Å². The van der Waals surface area contributed by atoms with Gasteiger partial charge >= 0.3 is 0 Å². The minimum Gasteiger partial charge on any atom is -0.448 e. The Morgan fingerprint density at radius 1 is 1.00 bits per heavy atom. The van der Waals surface area contributed by atoms with E-state index in [0.717, 1.165) is 31.9 Å². The molecule has 0 aromatic heterocycles. The summed E-state index contributed by atoms with van der Waals surface area (Å²) in [6.07, 6.45) is 4.95. The van der Waals surface area contributed by atoms with Crippen molar-refractivity contribution in [3.05, 3.63) is 48.0 Å². The van der Waals surface area contributed by atoms with Crippen molar-refractivity contribution in [2.24, 2.45) is 0 Å². The number of carbonyl (C=O) groups is 1. The maximum Gasteiger partial charge on any atom is 0.255 e. The van der Waals surface area contributed by atoms with Gasteiger partial charge in [-0.1, -0.05) is 6.07 Å². The van der Waals surface area contributed by atoms with Crippen LogP contribution in [0.2, 0.25) is 0 Å². The van der Waals surface area contributed by atoms with Crippen molar-refractivity contribution < 1.29 is 22.7 Å². The van der Waals surface area contributed by atoms with E-state index in [4.69, 9.17) is 9.47 Å². The number of nitrogens with one attached hydrogen (secondary N) is 2. The number of hydrogen-bond acceptors (Lipinski definition) is 5. The summed E-state index contributed by atoms with van der Waals surface area (Å²) in [7, 11) is -3.41. The Balaban J connectivity index is 1.49. The first kappa shape index (κ1) is 17.7. The van der Waals surface area contributed by atoms with Crippen molar-refractivity contribution in [2.45, 2.75) is 31.5 Å². The number of ether oxygens (including phenoxy) is 2. The van der Waals surface area contributed by atoms with Gasteiger partial charge in [-0.25, -0.2) is 8.42 Å². The second-order valence-corrected chi connectivity index (χ2v) is 8.64. The molecule has 0 atom stereocenters. The first-order chi connectivity index (χ1) is 12.8. The summed E-state index contributed by atoms with van der Waals surface area (Å²) in [4.78, 5) is 12.5. The molecular formula is C19H20N2O5S. The molecule has 27 heavy (non-hydrogen) atoms. The fraction of sp³-hybridized carbons (Fsp3) is 0.316. The molecule has 1 aliphatic heterocycles. The summed E-state index contributed by atoms with van der Waals surface area (Å²) in [5.41, 5.74) is 1.26. The van der Waals surface area contributed by atoms with Gasteiger partial charge in [0.15, 0.2) is 11.5 Å². The Morgan fingerprint density at radius 2 is 1.74 bits per heavy atom. The molecule has 0 radical (unpaired) electrons. The smallest absolute Gasteiger partial charge is 0.255 e. The molecule has 1 saturated carbocycles. The van der Waals surface area contributed by atoms with Crippen molar-refractivity contribution >= 4 is 27.3 Å². The van der Waals surface area contributed by atoms with Gasteiger partial charge < -0.3 is 14.8 Å². The zero-order valence-corrected chi connectivity index (χ0v) is 15.6. The average Bonchev–Trinajstić information content (AvgIpc) is 3.19. The van der Waals surface area contributed by atoms with Gasteiger partial charge in [0.1, 0.15) is 0 Å². The summed E-state index contributed by atoms with van der Waals surface area (Å²) >= 11 is 0. The zero-order chi connectivity index (χ0) is 19.1. The van der Waals surface area contributed by atoms with E-state index in [9.17, 15) is 13.2 Å². The topological polar surface area (TPSA) is 93.7 Å². The molecule has 4 rings (SSSR count). The normalized spacial score (nSPS) is 17.1. The van der Waals surface area contributed by atoms with Crippen LogP contribution in [-0.4, -0.2) is 26.4 Å². The number of fused-ring (bicyclic) bond motifs is 1. The lowest BCUT2D eigenvalue weighted by Crippen LogP contribution is -2.34. The third kappa shape index (κ3) is 3.85. The van der Waals surface area contributed by atoms with E-state index in [-0.39, 0.29) is 5.91 Å². The quantitative estimate of drug-likeness (QED) is 0.838. The van der Waals surface area contributed by atoms with Crippen molar-refractivity contribution in [1.29, 1.82) is 0 Å². The third-order valence-electron chi connectivity index (χ3n) is 4.59.